The molecule has 5 fully saturated rings. The number of esters is 1. The summed E-state index contributed by atoms with van der Waals surface area (Å²) in [7, 11) is -0.484. The van der Waals surface area contributed by atoms with E-state index in [-0.39, 0.29) is 48.3 Å². The Morgan fingerprint density at radius 1 is 0.905 bits per heavy atom. The van der Waals surface area contributed by atoms with Crippen LogP contribution in [-0.4, -0.2) is 95.0 Å². The molecule has 2 bridgehead atoms. The molecule has 2 aromatic carbocycles. The lowest BCUT2D eigenvalue weighted by atomic mass is 9.43. The summed E-state index contributed by atoms with van der Waals surface area (Å²) in [5.41, 5.74) is -1.35. The van der Waals surface area contributed by atoms with Crippen molar-refractivity contribution in [1.29, 1.82) is 0 Å². The zero-order valence-corrected chi connectivity index (χ0v) is 39.0. The van der Waals surface area contributed by atoms with Gasteiger partial charge in [-0.05, 0) is 129 Å². The fourth-order valence-corrected chi connectivity index (χ4v) is 9.05. The highest BCUT2D eigenvalue weighted by Gasteiger charge is 2.67. The number of amides is 2. The van der Waals surface area contributed by atoms with E-state index in [4.69, 9.17) is 37.7 Å². The number of nitrogens with zero attached hydrogens (tertiary/aromatic N) is 1. The molecular formula is C47H67BN2O13. The third kappa shape index (κ3) is 11.9. The minimum absolute atomic E-state index is 0.000359. The Bertz CT molecular complexity index is 1980. The van der Waals surface area contributed by atoms with Crippen molar-refractivity contribution in [3.05, 3.63) is 59.2 Å². The van der Waals surface area contributed by atoms with E-state index < -0.39 is 78.5 Å². The highest BCUT2D eigenvalue weighted by atomic mass is 16.7. The molecule has 2 heterocycles. The van der Waals surface area contributed by atoms with Gasteiger partial charge in [-0.3, -0.25) is 4.79 Å². The van der Waals surface area contributed by atoms with Gasteiger partial charge in [-0.25, -0.2) is 14.4 Å². The second-order valence-corrected chi connectivity index (χ2v) is 21.1. The number of hydrogen-bond acceptors (Lipinski definition) is 13. The molecule has 15 nitrogen and oxygen atoms in total. The van der Waals surface area contributed by atoms with Crippen LogP contribution in [0.15, 0.2) is 42.5 Å². The molecule has 3 saturated carbocycles. The molecule has 3 aliphatic carbocycles. The summed E-state index contributed by atoms with van der Waals surface area (Å²) in [6.07, 6.45) is -1.51. The van der Waals surface area contributed by atoms with Gasteiger partial charge in [0.2, 0.25) is 5.91 Å². The van der Waals surface area contributed by atoms with Crippen LogP contribution in [0.1, 0.15) is 125 Å². The molecule has 0 spiro atoms. The molecule has 63 heavy (non-hydrogen) atoms. The van der Waals surface area contributed by atoms with E-state index in [0.717, 1.165) is 18.4 Å². The first-order valence-corrected chi connectivity index (χ1v) is 22.1. The number of likely N-dealkylation sites (tertiary alicyclic amines) is 1. The summed E-state index contributed by atoms with van der Waals surface area (Å²) >= 11 is 0. The summed E-state index contributed by atoms with van der Waals surface area (Å²) < 4.78 is 48.0. The third-order valence-electron chi connectivity index (χ3n) is 12.2. The van der Waals surface area contributed by atoms with E-state index in [1.807, 2.05) is 18.2 Å². The fourth-order valence-electron chi connectivity index (χ4n) is 9.05. The maximum atomic E-state index is 13.6. The van der Waals surface area contributed by atoms with Gasteiger partial charge in [0, 0.05) is 0 Å². The Labute approximate surface area is 372 Å². The molecule has 1 unspecified atom stereocenters. The summed E-state index contributed by atoms with van der Waals surface area (Å²) in [4.78, 5) is 54.4. The van der Waals surface area contributed by atoms with Crippen molar-refractivity contribution in [3.8, 4) is 11.5 Å². The number of hydrogen-bond donors (Lipinski definition) is 2. The van der Waals surface area contributed by atoms with E-state index in [9.17, 15) is 24.3 Å². The molecule has 6 atom stereocenters. The molecule has 2 aromatic rings. The first-order chi connectivity index (χ1) is 29.2. The van der Waals surface area contributed by atoms with Gasteiger partial charge >= 0.3 is 25.3 Å². The van der Waals surface area contributed by atoms with Crippen LogP contribution in [0.25, 0.3) is 0 Å². The SMILES string of the molecule is CC(C)(C)OC(=O)N[C@H](CC(=O)N1CC(Oc2ccc(CCB3O[C@@H]4C[C@@H]5C[C@@H](C5(C)C)[C@]4(C)O3)c(OC(=O)OC(C)(C)C)c2C(O)OC(C)(C)C)C1)C(=O)OCc1ccccc1. The zero-order valence-electron chi connectivity index (χ0n) is 39.0. The topological polar surface area (TPSA) is 178 Å². The second-order valence-electron chi connectivity index (χ2n) is 21.1. The summed E-state index contributed by atoms with van der Waals surface area (Å²) in [6.45, 7) is 22.6. The molecule has 16 heteroatoms. The Kier molecular flexibility index (Phi) is 13.9. The molecule has 2 saturated heterocycles. The molecule has 2 N–H and O–H groups in total. The molecular weight excluding hydrogens is 811 g/mol. The Morgan fingerprint density at radius 2 is 1.57 bits per heavy atom. The van der Waals surface area contributed by atoms with Crippen molar-refractivity contribution < 1.29 is 62.0 Å². The van der Waals surface area contributed by atoms with Crippen molar-refractivity contribution >= 4 is 31.2 Å². The Hall–Kier alpha value is -4.38. The summed E-state index contributed by atoms with van der Waals surface area (Å²) in [5.74, 6) is -0.0226. The summed E-state index contributed by atoms with van der Waals surface area (Å²) in [6, 6.07) is 11.2. The average molecular weight is 879 g/mol. The van der Waals surface area contributed by atoms with Crippen molar-refractivity contribution in [3.63, 3.8) is 0 Å². The molecule has 5 aliphatic rings. The molecule has 2 aliphatic heterocycles. The van der Waals surface area contributed by atoms with Crippen LogP contribution >= 0.6 is 0 Å². The fraction of sp³-hybridized carbons (Fsp3) is 0.660. The van der Waals surface area contributed by atoms with Crippen LogP contribution in [-0.2, 0) is 50.9 Å². The maximum absolute atomic E-state index is 13.6. The quantitative estimate of drug-likeness (QED) is 0.0621. The largest absolute Gasteiger partial charge is 0.514 e. The van der Waals surface area contributed by atoms with Crippen molar-refractivity contribution in [2.75, 3.05) is 13.1 Å². The number of aryl methyl sites for hydroxylation is 1. The number of nitrogens with one attached hydrogen (secondary N) is 1. The van der Waals surface area contributed by atoms with Crippen LogP contribution in [0.3, 0.4) is 0 Å². The zero-order chi connectivity index (χ0) is 46.3. The van der Waals surface area contributed by atoms with Gasteiger partial charge in [-0.1, -0.05) is 50.2 Å². The highest BCUT2D eigenvalue weighted by Crippen LogP contribution is 2.65. The van der Waals surface area contributed by atoms with Gasteiger partial charge in [-0.2, -0.15) is 0 Å². The molecule has 346 valence electrons. The predicted molar refractivity (Wildman–Crippen MR) is 233 cm³/mol. The first kappa shape index (κ1) is 48.1. The third-order valence-corrected chi connectivity index (χ3v) is 12.2. The minimum atomic E-state index is -1.61. The average Bonchev–Trinajstić information content (AvgIpc) is 3.48. The number of alkyl carbamates (subject to hydrolysis) is 1. The van der Waals surface area contributed by atoms with Gasteiger partial charge < -0.3 is 53.1 Å². The van der Waals surface area contributed by atoms with E-state index in [1.165, 1.54) is 4.90 Å². The summed E-state index contributed by atoms with van der Waals surface area (Å²) in [5, 5.41) is 14.2. The first-order valence-electron chi connectivity index (χ1n) is 22.1. The molecule has 2 amide bonds. The van der Waals surface area contributed by atoms with Crippen molar-refractivity contribution in [2.24, 2.45) is 17.3 Å². The van der Waals surface area contributed by atoms with Gasteiger partial charge in [0.15, 0.2) is 6.29 Å². The monoisotopic (exact) mass is 878 g/mol. The van der Waals surface area contributed by atoms with Crippen LogP contribution in [0.5, 0.6) is 11.5 Å². The van der Waals surface area contributed by atoms with E-state index in [1.54, 1.807) is 86.6 Å². The van der Waals surface area contributed by atoms with Crippen molar-refractivity contribution in [1.82, 2.24) is 10.2 Å². The number of ether oxygens (including phenoxy) is 6. The van der Waals surface area contributed by atoms with Gasteiger partial charge in [0.25, 0.3) is 0 Å². The molecule has 0 radical (unpaired) electrons. The van der Waals surface area contributed by atoms with Crippen molar-refractivity contribution in [2.45, 2.75) is 169 Å². The predicted octanol–water partition coefficient (Wildman–Crippen LogP) is 7.69. The normalized spacial score (nSPS) is 23.9. The number of carbonyl (C=O) groups is 4. The number of rotatable bonds is 14. The Morgan fingerprint density at radius 3 is 2.19 bits per heavy atom. The lowest BCUT2D eigenvalue weighted by Crippen LogP contribution is -2.65. The minimum Gasteiger partial charge on any atom is -0.486 e. The number of aliphatic hydroxyl groups is 1. The smallest absolute Gasteiger partial charge is 0.486 e. The van der Waals surface area contributed by atoms with Gasteiger partial charge in [-0.15, -0.1) is 0 Å². The van der Waals surface area contributed by atoms with E-state index in [0.29, 0.717) is 30.1 Å². The van der Waals surface area contributed by atoms with Crippen LogP contribution in [0, 0.1) is 17.3 Å². The highest BCUT2D eigenvalue weighted by molar-refractivity contribution is 6.45. The van der Waals surface area contributed by atoms with E-state index >= 15 is 0 Å². The lowest BCUT2D eigenvalue weighted by Gasteiger charge is -2.64. The number of aliphatic hydroxyl groups excluding tert-OH is 1. The Balaban J connectivity index is 1.18. The van der Waals surface area contributed by atoms with Gasteiger partial charge in [0.05, 0.1) is 42.4 Å². The number of benzene rings is 2. The standard InChI is InChI=1S/C47H67BN2O13/c1-43(2,3)59-40(53)37-33(57-31-25-50(26-31)36(51)24-32(49-41(54)60-44(4,5)6)39(52)56-27-28-16-14-13-15-17-28)19-18-29(38(37)58-42(55)61-45(7,8)9)20-21-48-62-35-23-30-22-34(46(30,10)11)47(35,12)63-48/h13-19,30-32,34-35,40,53H,20-27H2,1-12H3,(H,49,54)/t30-,32+,34-,35+,40?,47-/m0/s1. The van der Waals surface area contributed by atoms with Crippen LogP contribution < -0.4 is 14.8 Å². The number of carbonyl (C=O) groups excluding carboxylic acids is 4. The molecule has 7 rings (SSSR count). The maximum Gasteiger partial charge on any atom is 0.514 e. The lowest BCUT2D eigenvalue weighted by molar-refractivity contribution is -0.199. The van der Waals surface area contributed by atoms with Gasteiger partial charge in [0.1, 0.15) is 41.5 Å². The molecule has 0 aromatic heterocycles. The van der Waals surface area contributed by atoms with E-state index in [2.05, 4.69) is 26.1 Å². The van der Waals surface area contributed by atoms with Crippen LogP contribution in [0.2, 0.25) is 6.32 Å². The second kappa shape index (κ2) is 18.2. The van der Waals surface area contributed by atoms with Crippen LogP contribution in [0.4, 0.5) is 9.59 Å².